The maximum absolute atomic E-state index is 11.9. The van der Waals surface area contributed by atoms with Crippen LogP contribution in [0.5, 0.6) is 0 Å². The van der Waals surface area contributed by atoms with E-state index in [1.165, 1.54) is 16.8 Å². The van der Waals surface area contributed by atoms with Gasteiger partial charge in [0.25, 0.3) is 5.91 Å². The Hall–Kier alpha value is -1.87. The number of nitrogens with one attached hydrogen (secondary N) is 1. The molecule has 118 valence electrons. The topological polar surface area (TPSA) is 120 Å². The Morgan fingerprint density at radius 2 is 2.10 bits per heavy atom. The molecule has 3 N–H and O–H groups in total. The van der Waals surface area contributed by atoms with E-state index in [1.54, 1.807) is 14.0 Å². The van der Waals surface area contributed by atoms with Crippen molar-refractivity contribution in [2.24, 2.45) is 12.2 Å². The smallest absolute Gasteiger partial charge is 0.305 e. The fraction of sp³-hybridized carbons (Fsp3) is 0.500. The first kappa shape index (κ1) is 17.2. The molecule has 0 atom stereocenters. The fourth-order valence-electron chi connectivity index (χ4n) is 1.67. The Balaban J connectivity index is 2.53. The van der Waals surface area contributed by atoms with Gasteiger partial charge in [-0.1, -0.05) is 0 Å². The van der Waals surface area contributed by atoms with Crippen LogP contribution in [0.3, 0.4) is 0 Å². The van der Waals surface area contributed by atoms with Gasteiger partial charge in [-0.05, 0) is 19.4 Å². The van der Waals surface area contributed by atoms with Crippen LogP contribution in [0, 0.1) is 0 Å². The third-order valence-electron chi connectivity index (χ3n) is 2.69. The van der Waals surface area contributed by atoms with Gasteiger partial charge in [0.05, 0.1) is 6.61 Å². The van der Waals surface area contributed by atoms with Crippen LogP contribution in [-0.2, 0) is 26.6 Å². The SMILES string of the molecule is CCOC(=O)CCCNC(=O)c1cc(S(N)(=O)=O)cn1C. The summed E-state index contributed by atoms with van der Waals surface area (Å²) >= 11 is 0. The van der Waals surface area contributed by atoms with Crippen molar-refractivity contribution in [3.8, 4) is 0 Å². The summed E-state index contributed by atoms with van der Waals surface area (Å²) in [6.07, 6.45) is 1.92. The summed E-state index contributed by atoms with van der Waals surface area (Å²) < 4.78 is 28.5. The second-order valence-corrected chi connectivity index (χ2v) is 5.94. The summed E-state index contributed by atoms with van der Waals surface area (Å²) in [4.78, 5) is 22.9. The van der Waals surface area contributed by atoms with E-state index < -0.39 is 15.9 Å². The van der Waals surface area contributed by atoms with Crippen molar-refractivity contribution in [3.63, 3.8) is 0 Å². The Labute approximate surface area is 123 Å². The molecule has 1 aromatic heterocycles. The molecule has 21 heavy (non-hydrogen) atoms. The van der Waals surface area contributed by atoms with Crippen LogP contribution >= 0.6 is 0 Å². The number of esters is 1. The summed E-state index contributed by atoms with van der Waals surface area (Å²) in [6.45, 7) is 2.33. The van der Waals surface area contributed by atoms with E-state index in [1.807, 2.05) is 0 Å². The van der Waals surface area contributed by atoms with Gasteiger partial charge < -0.3 is 14.6 Å². The van der Waals surface area contributed by atoms with E-state index in [-0.39, 0.29) is 29.5 Å². The summed E-state index contributed by atoms with van der Waals surface area (Å²) in [6, 6.07) is 1.20. The molecule has 0 aliphatic carbocycles. The van der Waals surface area contributed by atoms with Crippen LogP contribution < -0.4 is 10.5 Å². The molecular weight excluding hydrogens is 298 g/mol. The van der Waals surface area contributed by atoms with Crippen molar-refractivity contribution in [2.45, 2.75) is 24.7 Å². The lowest BCUT2D eigenvalue weighted by Crippen LogP contribution is -2.26. The maximum Gasteiger partial charge on any atom is 0.305 e. The lowest BCUT2D eigenvalue weighted by Gasteiger charge is -2.05. The largest absolute Gasteiger partial charge is 0.466 e. The Bertz CT molecular complexity index is 621. The number of aromatic nitrogens is 1. The third-order valence-corrected chi connectivity index (χ3v) is 3.57. The van der Waals surface area contributed by atoms with Crippen LogP contribution in [0.4, 0.5) is 0 Å². The van der Waals surface area contributed by atoms with Gasteiger partial charge in [0.15, 0.2) is 0 Å². The summed E-state index contributed by atoms with van der Waals surface area (Å²) in [7, 11) is -2.30. The molecule has 1 heterocycles. The number of nitrogens with zero attached hydrogens (tertiary/aromatic N) is 1. The van der Waals surface area contributed by atoms with Gasteiger partial charge in [-0.25, -0.2) is 13.6 Å². The summed E-state index contributed by atoms with van der Waals surface area (Å²) in [5.41, 5.74) is 0.176. The van der Waals surface area contributed by atoms with E-state index in [2.05, 4.69) is 5.32 Å². The number of amides is 1. The summed E-state index contributed by atoms with van der Waals surface area (Å²) in [5.74, 6) is -0.751. The van der Waals surface area contributed by atoms with Crippen molar-refractivity contribution in [1.29, 1.82) is 0 Å². The standard InChI is InChI=1S/C12H19N3O5S/c1-3-20-11(16)5-4-6-14-12(17)10-7-9(8-15(10)2)21(13,18)19/h7-8H,3-6H2,1-2H3,(H,14,17)(H2,13,18,19). The number of nitrogens with two attached hydrogens (primary N) is 1. The van der Waals surface area contributed by atoms with Crippen LogP contribution in [0.25, 0.3) is 0 Å². The lowest BCUT2D eigenvalue weighted by molar-refractivity contribution is -0.143. The van der Waals surface area contributed by atoms with E-state index in [9.17, 15) is 18.0 Å². The predicted molar refractivity (Wildman–Crippen MR) is 75.0 cm³/mol. The minimum atomic E-state index is -3.84. The first-order valence-electron chi connectivity index (χ1n) is 6.38. The Morgan fingerprint density at radius 1 is 1.43 bits per heavy atom. The molecule has 9 heteroatoms. The molecular formula is C12H19N3O5S. The van der Waals surface area contributed by atoms with Gasteiger partial charge in [0.2, 0.25) is 10.0 Å². The zero-order valence-electron chi connectivity index (χ0n) is 12.0. The van der Waals surface area contributed by atoms with Gasteiger partial charge in [-0.15, -0.1) is 0 Å². The van der Waals surface area contributed by atoms with Crippen molar-refractivity contribution >= 4 is 21.9 Å². The van der Waals surface area contributed by atoms with Crippen molar-refractivity contribution in [2.75, 3.05) is 13.2 Å². The molecule has 0 saturated heterocycles. The number of primary sulfonamides is 1. The van der Waals surface area contributed by atoms with Gasteiger partial charge in [-0.3, -0.25) is 9.59 Å². The Morgan fingerprint density at radius 3 is 2.62 bits per heavy atom. The average Bonchev–Trinajstić information content (AvgIpc) is 2.77. The molecule has 0 spiro atoms. The summed E-state index contributed by atoms with van der Waals surface area (Å²) in [5, 5.41) is 7.60. The fourth-order valence-corrected chi connectivity index (χ4v) is 2.25. The van der Waals surface area contributed by atoms with E-state index in [0.717, 1.165) is 0 Å². The molecule has 0 bridgehead atoms. The average molecular weight is 317 g/mol. The third kappa shape index (κ3) is 5.20. The number of carbonyl (C=O) groups excluding carboxylic acids is 2. The highest BCUT2D eigenvalue weighted by Crippen LogP contribution is 2.11. The highest BCUT2D eigenvalue weighted by molar-refractivity contribution is 7.89. The number of rotatable bonds is 7. The highest BCUT2D eigenvalue weighted by atomic mass is 32.2. The maximum atomic E-state index is 11.9. The van der Waals surface area contributed by atoms with Crippen LogP contribution in [0.1, 0.15) is 30.3 Å². The molecule has 0 radical (unpaired) electrons. The zero-order valence-corrected chi connectivity index (χ0v) is 12.8. The number of hydrogen-bond donors (Lipinski definition) is 2. The Kier molecular flexibility index (Phi) is 5.91. The van der Waals surface area contributed by atoms with Gasteiger partial charge in [0, 0.05) is 26.2 Å². The normalized spacial score (nSPS) is 11.2. The van der Waals surface area contributed by atoms with Crippen molar-refractivity contribution in [3.05, 3.63) is 18.0 Å². The van der Waals surface area contributed by atoms with Crippen LogP contribution in [-0.4, -0.2) is 38.0 Å². The first-order chi connectivity index (χ1) is 9.75. The molecule has 8 nitrogen and oxygen atoms in total. The number of aryl methyl sites for hydroxylation is 1. The predicted octanol–water partition coefficient (Wildman–Crippen LogP) is -0.254. The molecule has 1 aromatic rings. The second-order valence-electron chi connectivity index (χ2n) is 4.38. The van der Waals surface area contributed by atoms with E-state index >= 15 is 0 Å². The number of ether oxygens (including phenoxy) is 1. The number of carbonyl (C=O) groups is 2. The van der Waals surface area contributed by atoms with E-state index in [4.69, 9.17) is 9.88 Å². The quantitative estimate of drug-likeness (QED) is 0.530. The van der Waals surface area contributed by atoms with Crippen LogP contribution in [0.2, 0.25) is 0 Å². The molecule has 0 aliphatic rings. The second kappa shape index (κ2) is 7.23. The van der Waals surface area contributed by atoms with E-state index in [0.29, 0.717) is 13.0 Å². The number of sulfonamides is 1. The number of hydrogen-bond acceptors (Lipinski definition) is 5. The van der Waals surface area contributed by atoms with Crippen LogP contribution in [0.15, 0.2) is 17.2 Å². The van der Waals surface area contributed by atoms with Gasteiger partial charge in [-0.2, -0.15) is 0 Å². The molecule has 0 aromatic carbocycles. The molecule has 1 rings (SSSR count). The highest BCUT2D eigenvalue weighted by Gasteiger charge is 2.17. The van der Waals surface area contributed by atoms with Gasteiger partial charge in [0.1, 0.15) is 10.6 Å². The molecule has 1 amide bonds. The van der Waals surface area contributed by atoms with Crippen molar-refractivity contribution in [1.82, 2.24) is 9.88 Å². The molecule has 0 fully saturated rings. The lowest BCUT2D eigenvalue weighted by atomic mass is 10.3. The monoisotopic (exact) mass is 317 g/mol. The molecule has 0 saturated carbocycles. The zero-order chi connectivity index (χ0) is 16.0. The molecule has 0 aliphatic heterocycles. The first-order valence-corrected chi connectivity index (χ1v) is 7.93. The minimum absolute atomic E-state index is 0.123. The van der Waals surface area contributed by atoms with Crippen molar-refractivity contribution < 1.29 is 22.7 Å². The molecule has 0 unspecified atom stereocenters. The minimum Gasteiger partial charge on any atom is -0.466 e. The van der Waals surface area contributed by atoms with Gasteiger partial charge >= 0.3 is 5.97 Å².